The fourth-order valence-corrected chi connectivity index (χ4v) is 1.37. The number of nitrogens with one attached hydrogen (secondary N) is 1. The molecule has 0 aliphatic rings. The lowest BCUT2D eigenvalue weighted by atomic mass is 10.2. The third-order valence-electron chi connectivity index (χ3n) is 2.21. The van der Waals surface area contributed by atoms with Gasteiger partial charge in [0, 0.05) is 18.3 Å². The van der Waals surface area contributed by atoms with E-state index in [0.717, 1.165) is 36.7 Å². The van der Waals surface area contributed by atoms with E-state index in [4.69, 9.17) is 4.74 Å². The summed E-state index contributed by atoms with van der Waals surface area (Å²) in [4.78, 5) is 4.51. The fraction of sp³-hybridized carbons (Fsp3) is 0.615. The van der Waals surface area contributed by atoms with Crippen LogP contribution in [0.4, 0.5) is 0 Å². The monoisotopic (exact) mass is 222 g/mol. The second-order valence-corrected chi connectivity index (χ2v) is 4.28. The molecule has 0 atom stereocenters. The first-order valence-corrected chi connectivity index (χ1v) is 5.96. The Balaban J connectivity index is 2.72. The van der Waals surface area contributed by atoms with Crippen LogP contribution in [0.2, 0.25) is 0 Å². The van der Waals surface area contributed by atoms with Gasteiger partial charge in [0.1, 0.15) is 5.75 Å². The normalized spacial score (nSPS) is 10.8. The second-order valence-electron chi connectivity index (χ2n) is 4.28. The molecule has 3 nitrogen and oxygen atoms in total. The van der Waals surface area contributed by atoms with Crippen molar-refractivity contribution in [2.24, 2.45) is 0 Å². The van der Waals surface area contributed by atoms with E-state index in [-0.39, 0.29) is 0 Å². The van der Waals surface area contributed by atoms with Gasteiger partial charge in [-0.1, -0.05) is 20.8 Å². The molecule has 0 fully saturated rings. The molecule has 1 rings (SSSR count). The molecule has 0 aliphatic heterocycles. The fourth-order valence-electron chi connectivity index (χ4n) is 1.37. The molecular weight excluding hydrogens is 200 g/mol. The number of aryl methyl sites for hydroxylation is 1. The van der Waals surface area contributed by atoms with Crippen molar-refractivity contribution < 1.29 is 4.74 Å². The molecule has 1 aromatic heterocycles. The van der Waals surface area contributed by atoms with Crippen LogP contribution in [0.3, 0.4) is 0 Å². The van der Waals surface area contributed by atoms with Gasteiger partial charge < -0.3 is 10.1 Å². The van der Waals surface area contributed by atoms with Gasteiger partial charge in [0.25, 0.3) is 0 Å². The SMILES string of the molecule is CCCOc1ccc(C)nc1CNC(C)C. The number of ether oxygens (including phenoxy) is 1. The predicted octanol–water partition coefficient (Wildman–Crippen LogP) is 2.68. The van der Waals surface area contributed by atoms with Gasteiger partial charge in [-0.05, 0) is 25.5 Å². The van der Waals surface area contributed by atoms with Crippen molar-refractivity contribution in [1.29, 1.82) is 0 Å². The maximum Gasteiger partial charge on any atom is 0.142 e. The van der Waals surface area contributed by atoms with Gasteiger partial charge in [-0.3, -0.25) is 4.98 Å². The van der Waals surface area contributed by atoms with Crippen molar-refractivity contribution in [2.75, 3.05) is 6.61 Å². The zero-order chi connectivity index (χ0) is 12.0. The summed E-state index contributed by atoms with van der Waals surface area (Å²) in [6, 6.07) is 4.46. The lowest BCUT2D eigenvalue weighted by Gasteiger charge is -2.13. The van der Waals surface area contributed by atoms with E-state index < -0.39 is 0 Å². The van der Waals surface area contributed by atoms with Gasteiger partial charge in [-0.25, -0.2) is 0 Å². The van der Waals surface area contributed by atoms with E-state index in [0.29, 0.717) is 6.04 Å². The minimum Gasteiger partial charge on any atom is -0.492 e. The molecule has 3 heteroatoms. The Bertz CT molecular complexity index is 324. The Labute approximate surface area is 98.2 Å². The van der Waals surface area contributed by atoms with Gasteiger partial charge in [0.15, 0.2) is 0 Å². The third-order valence-corrected chi connectivity index (χ3v) is 2.21. The highest BCUT2D eigenvalue weighted by Gasteiger charge is 2.06. The Hall–Kier alpha value is -1.09. The number of pyridine rings is 1. The summed E-state index contributed by atoms with van der Waals surface area (Å²) >= 11 is 0. The van der Waals surface area contributed by atoms with Crippen LogP contribution < -0.4 is 10.1 Å². The minimum absolute atomic E-state index is 0.460. The van der Waals surface area contributed by atoms with E-state index >= 15 is 0 Å². The molecule has 90 valence electrons. The van der Waals surface area contributed by atoms with Crippen molar-refractivity contribution >= 4 is 0 Å². The summed E-state index contributed by atoms with van der Waals surface area (Å²) in [6.07, 6.45) is 1.02. The zero-order valence-corrected chi connectivity index (χ0v) is 10.7. The van der Waals surface area contributed by atoms with Crippen LogP contribution in [0, 0.1) is 6.92 Å². The highest BCUT2D eigenvalue weighted by Crippen LogP contribution is 2.17. The molecule has 1 N–H and O–H groups in total. The van der Waals surface area contributed by atoms with Gasteiger partial charge in [-0.15, -0.1) is 0 Å². The average molecular weight is 222 g/mol. The third kappa shape index (κ3) is 4.19. The second kappa shape index (κ2) is 6.48. The largest absolute Gasteiger partial charge is 0.492 e. The van der Waals surface area contributed by atoms with Crippen molar-refractivity contribution in [3.05, 3.63) is 23.5 Å². The summed E-state index contributed by atoms with van der Waals surface area (Å²) < 4.78 is 5.67. The highest BCUT2D eigenvalue weighted by molar-refractivity contribution is 5.29. The predicted molar refractivity (Wildman–Crippen MR) is 66.7 cm³/mol. The zero-order valence-electron chi connectivity index (χ0n) is 10.7. The molecular formula is C13H22N2O. The molecule has 0 saturated carbocycles. The van der Waals surface area contributed by atoms with E-state index in [1.54, 1.807) is 0 Å². The van der Waals surface area contributed by atoms with E-state index in [1.165, 1.54) is 0 Å². The minimum atomic E-state index is 0.460. The molecule has 0 bridgehead atoms. The lowest BCUT2D eigenvalue weighted by molar-refractivity contribution is 0.311. The first-order valence-electron chi connectivity index (χ1n) is 5.96. The standard InChI is InChI=1S/C13H22N2O/c1-5-8-16-13-7-6-11(4)15-12(13)9-14-10(2)3/h6-7,10,14H,5,8-9H2,1-4H3. The van der Waals surface area contributed by atoms with Crippen LogP contribution in [0.5, 0.6) is 5.75 Å². The Kier molecular flexibility index (Phi) is 5.26. The summed E-state index contributed by atoms with van der Waals surface area (Å²) in [5.74, 6) is 0.903. The topological polar surface area (TPSA) is 34.1 Å². The summed E-state index contributed by atoms with van der Waals surface area (Å²) in [5, 5.41) is 3.36. The molecule has 16 heavy (non-hydrogen) atoms. The molecule has 0 aliphatic carbocycles. The van der Waals surface area contributed by atoms with Gasteiger partial charge in [-0.2, -0.15) is 0 Å². The number of rotatable bonds is 6. The van der Waals surface area contributed by atoms with E-state index in [9.17, 15) is 0 Å². The van der Waals surface area contributed by atoms with Crippen LogP contribution in [-0.4, -0.2) is 17.6 Å². The van der Waals surface area contributed by atoms with Crippen molar-refractivity contribution in [3.63, 3.8) is 0 Å². The Morgan fingerprint density at radius 3 is 2.75 bits per heavy atom. The average Bonchev–Trinajstić information content (AvgIpc) is 2.25. The first kappa shape index (κ1) is 13.0. The summed E-state index contributed by atoms with van der Waals surface area (Å²) in [7, 11) is 0. The molecule has 0 amide bonds. The smallest absolute Gasteiger partial charge is 0.142 e. The summed E-state index contributed by atoms with van der Waals surface area (Å²) in [5.41, 5.74) is 2.03. The first-order chi connectivity index (χ1) is 7.63. The Morgan fingerprint density at radius 2 is 2.12 bits per heavy atom. The van der Waals surface area contributed by atoms with Gasteiger partial charge >= 0.3 is 0 Å². The maximum absolute atomic E-state index is 5.67. The molecule has 0 radical (unpaired) electrons. The highest BCUT2D eigenvalue weighted by atomic mass is 16.5. The van der Waals surface area contributed by atoms with Gasteiger partial charge in [0.2, 0.25) is 0 Å². The van der Waals surface area contributed by atoms with Crippen LogP contribution in [0.25, 0.3) is 0 Å². The number of hydrogen-bond acceptors (Lipinski definition) is 3. The number of aromatic nitrogens is 1. The molecule has 0 saturated heterocycles. The van der Waals surface area contributed by atoms with Crippen LogP contribution >= 0.6 is 0 Å². The molecule has 0 aromatic carbocycles. The van der Waals surface area contributed by atoms with Crippen LogP contribution in [0.1, 0.15) is 38.6 Å². The van der Waals surface area contributed by atoms with E-state index in [2.05, 4.69) is 31.1 Å². The molecule has 1 heterocycles. The van der Waals surface area contributed by atoms with Crippen LogP contribution in [-0.2, 0) is 6.54 Å². The van der Waals surface area contributed by atoms with Crippen molar-refractivity contribution in [2.45, 2.75) is 46.7 Å². The van der Waals surface area contributed by atoms with Crippen molar-refractivity contribution in [1.82, 2.24) is 10.3 Å². The number of hydrogen-bond donors (Lipinski definition) is 1. The quantitative estimate of drug-likeness (QED) is 0.803. The summed E-state index contributed by atoms with van der Waals surface area (Å²) in [6.45, 7) is 9.87. The maximum atomic E-state index is 5.67. The molecule has 1 aromatic rings. The lowest BCUT2D eigenvalue weighted by Crippen LogP contribution is -2.23. The van der Waals surface area contributed by atoms with Crippen LogP contribution in [0.15, 0.2) is 12.1 Å². The Morgan fingerprint density at radius 1 is 1.38 bits per heavy atom. The van der Waals surface area contributed by atoms with Crippen molar-refractivity contribution in [3.8, 4) is 5.75 Å². The van der Waals surface area contributed by atoms with Gasteiger partial charge in [0.05, 0.1) is 12.3 Å². The number of nitrogens with zero attached hydrogens (tertiary/aromatic N) is 1. The molecule has 0 spiro atoms. The van der Waals surface area contributed by atoms with E-state index in [1.807, 2.05) is 19.1 Å². The molecule has 0 unspecified atom stereocenters.